The third-order valence-electron chi connectivity index (χ3n) is 5.67. The van der Waals surface area contributed by atoms with Crippen molar-refractivity contribution in [3.8, 4) is 5.75 Å². The number of ether oxygens (including phenoxy) is 1. The number of amides is 1. The van der Waals surface area contributed by atoms with E-state index in [2.05, 4.69) is 50.9 Å². The highest BCUT2D eigenvalue weighted by molar-refractivity contribution is 14.0. The van der Waals surface area contributed by atoms with Gasteiger partial charge in [0.1, 0.15) is 5.75 Å². The van der Waals surface area contributed by atoms with Gasteiger partial charge in [-0.25, -0.2) is 0 Å². The summed E-state index contributed by atoms with van der Waals surface area (Å²) < 4.78 is 5.62. The van der Waals surface area contributed by atoms with Gasteiger partial charge in [0, 0.05) is 34.2 Å². The van der Waals surface area contributed by atoms with Crippen LogP contribution < -0.4 is 15.4 Å². The lowest BCUT2D eigenvalue weighted by molar-refractivity contribution is -0.130. The fourth-order valence-electron chi connectivity index (χ4n) is 3.81. The molecule has 1 amide bonds. The number of rotatable bonds is 9. The van der Waals surface area contributed by atoms with Crippen LogP contribution in [-0.4, -0.2) is 69.1 Å². The highest BCUT2D eigenvalue weighted by Gasteiger charge is 2.23. The first kappa shape index (κ1) is 26.9. The van der Waals surface area contributed by atoms with E-state index in [1.54, 1.807) is 21.1 Å². The van der Waals surface area contributed by atoms with Gasteiger partial charge in [-0.2, -0.15) is 0 Å². The zero-order chi connectivity index (χ0) is 22.8. The summed E-state index contributed by atoms with van der Waals surface area (Å²) in [6, 6.07) is 18.8. The molecule has 1 atom stereocenters. The fourth-order valence-corrected chi connectivity index (χ4v) is 3.81. The lowest BCUT2D eigenvalue weighted by Crippen LogP contribution is -2.42. The lowest BCUT2D eigenvalue weighted by atomic mass is 10.1. The first-order chi connectivity index (χ1) is 15.6. The van der Waals surface area contributed by atoms with Crippen LogP contribution >= 0.6 is 24.0 Å². The van der Waals surface area contributed by atoms with Crippen LogP contribution in [0.15, 0.2) is 59.6 Å². The molecule has 1 unspecified atom stereocenters. The van der Waals surface area contributed by atoms with Crippen molar-refractivity contribution in [1.82, 2.24) is 20.4 Å². The van der Waals surface area contributed by atoms with Gasteiger partial charge in [0.15, 0.2) is 12.6 Å². The molecule has 0 saturated carbocycles. The van der Waals surface area contributed by atoms with Crippen LogP contribution in [0.25, 0.3) is 0 Å². The first-order valence-corrected chi connectivity index (χ1v) is 11.2. The number of hydrogen-bond donors (Lipinski definition) is 2. The van der Waals surface area contributed by atoms with Gasteiger partial charge < -0.3 is 20.3 Å². The Labute approximate surface area is 214 Å². The largest absolute Gasteiger partial charge is 0.484 e. The second kappa shape index (κ2) is 14.0. The number of nitrogens with one attached hydrogen (secondary N) is 2. The maximum atomic E-state index is 11.7. The van der Waals surface area contributed by atoms with Crippen molar-refractivity contribution in [2.24, 2.45) is 4.99 Å². The number of hydrogen-bond acceptors (Lipinski definition) is 4. The van der Waals surface area contributed by atoms with E-state index in [0.717, 1.165) is 31.2 Å². The molecule has 180 valence electrons. The number of halogens is 1. The van der Waals surface area contributed by atoms with Gasteiger partial charge in [0.05, 0.1) is 6.04 Å². The van der Waals surface area contributed by atoms with Gasteiger partial charge in [-0.1, -0.05) is 42.5 Å². The maximum absolute atomic E-state index is 11.7. The Kier molecular flexibility index (Phi) is 11.5. The minimum absolute atomic E-state index is 0. The summed E-state index contributed by atoms with van der Waals surface area (Å²) in [5.41, 5.74) is 2.39. The highest BCUT2D eigenvalue weighted by atomic mass is 127. The van der Waals surface area contributed by atoms with Crippen molar-refractivity contribution >= 4 is 35.8 Å². The molecule has 33 heavy (non-hydrogen) atoms. The Morgan fingerprint density at radius 1 is 1.09 bits per heavy atom. The van der Waals surface area contributed by atoms with E-state index >= 15 is 0 Å². The SMILES string of the molecule is CN=C(NCc1cccc(OCC(=O)N(C)C)c1)NCC(c1ccccc1)N1CCCC1.I. The average molecular weight is 566 g/mol. The molecular formula is C25H36IN5O2. The lowest BCUT2D eigenvalue weighted by Gasteiger charge is -2.29. The first-order valence-electron chi connectivity index (χ1n) is 11.2. The molecule has 1 saturated heterocycles. The van der Waals surface area contributed by atoms with E-state index in [0.29, 0.717) is 18.3 Å². The molecule has 0 aliphatic carbocycles. The summed E-state index contributed by atoms with van der Waals surface area (Å²) in [7, 11) is 5.22. The predicted molar refractivity (Wildman–Crippen MR) is 144 cm³/mol. The van der Waals surface area contributed by atoms with E-state index in [-0.39, 0.29) is 36.5 Å². The van der Waals surface area contributed by atoms with Gasteiger partial charge >= 0.3 is 0 Å². The second-order valence-corrected chi connectivity index (χ2v) is 8.20. The fraction of sp³-hybridized carbons (Fsp3) is 0.440. The van der Waals surface area contributed by atoms with Crippen LogP contribution in [0.3, 0.4) is 0 Å². The van der Waals surface area contributed by atoms with Gasteiger partial charge in [0.2, 0.25) is 0 Å². The van der Waals surface area contributed by atoms with Gasteiger partial charge in [-0.3, -0.25) is 14.7 Å². The van der Waals surface area contributed by atoms with E-state index in [1.165, 1.54) is 23.3 Å². The number of likely N-dealkylation sites (tertiary alicyclic amines) is 1. The molecule has 0 spiro atoms. The Balaban J connectivity index is 0.00000385. The van der Waals surface area contributed by atoms with Crippen molar-refractivity contribution in [2.75, 3.05) is 47.4 Å². The van der Waals surface area contributed by atoms with Crippen molar-refractivity contribution in [3.05, 3.63) is 65.7 Å². The summed E-state index contributed by atoms with van der Waals surface area (Å²) in [5, 5.41) is 6.88. The van der Waals surface area contributed by atoms with Crippen LogP contribution in [0.1, 0.15) is 30.0 Å². The van der Waals surface area contributed by atoms with Gasteiger partial charge in [0.25, 0.3) is 5.91 Å². The number of carbonyl (C=O) groups is 1. The summed E-state index contributed by atoms with van der Waals surface area (Å²) in [4.78, 5) is 20.2. The Morgan fingerprint density at radius 3 is 2.48 bits per heavy atom. The number of nitrogens with zero attached hydrogens (tertiary/aromatic N) is 3. The molecule has 2 N–H and O–H groups in total. The Hall–Kier alpha value is -2.33. The smallest absolute Gasteiger partial charge is 0.259 e. The average Bonchev–Trinajstić information content (AvgIpc) is 3.35. The number of guanidine groups is 1. The topological polar surface area (TPSA) is 69.2 Å². The van der Waals surface area contributed by atoms with Crippen LogP contribution in [0.5, 0.6) is 5.75 Å². The molecule has 1 aliphatic rings. The van der Waals surface area contributed by atoms with E-state index < -0.39 is 0 Å². The summed E-state index contributed by atoms with van der Waals surface area (Å²) in [5.74, 6) is 1.38. The van der Waals surface area contributed by atoms with Crippen molar-refractivity contribution in [2.45, 2.75) is 25.4 Å². The molecule has 3 rings (SSSR count). The number of likely N-dealkylation sites (N-methyl/N-ethyl adjacent to an activating group) is 1. The third kappa shape index (κ3) is 8.51. The molecule has 1 heterocycles. The quantitative estimate of drug-likeness (QED) is 0.278. The minimum atomic E-state index is -0.0656. The molecule has 2 aromatic rings. The highest BCUT2D eigenvalue weighted by Crippen LogP contribution is 2.24. The van der Waals surface area contributed by atoms with Crippen LogP contribution in [0.4, 0.5) is 0 Å². The van der Waals surface area contributed by atoms with Gasteiger partial charge in [-0.05, 0) is 49.2 Å². The monoisotopic (exact) mass is 565 g/mol. The zero-order valence-electron chi connectivity index (χ0n) is 19.8. The summed E-state index contributed by atoms with van der Waals surface area (Å²) in [6.45, 7) is 3.70. The van der Waals surface area contributed by atoms with Crippen molar-refractivity contribution < 1.29 is 9.53 Å². The maximum Gasteiger partial charge on any atom is 0.259 e. The summed E-state index contributed by atoms with van der Waals surface area (Å²) in [6.07, 6.45) is 2.52. The van der Waals surface area contributed by atoms with E-state index in [9.17, 15) is 4.79 Å². The molecule has 0 aromatic heterocycles. The van der Waals surface area contributed by atoms with Crippen LogP contribution in [-0.2, 0) is 11.3 Å². The second-order valence-electron chi connectivity index (χ2n) is 8.20. The third-order valence-corrected chi connectivity index (χ3v) is 5.67. The van der Waals surface area contributed by atoms with Gasteiger partial charge in [-0.15, -0.1) is 24.0 Å². The minimum Gasteiger partial charge on any atom is -0.484 e. The molecule has 1 aliphatic heterocycles. The number of carbonyl (C=O) groups excluding carboxylic acids is 1. The number of benzene rings is 2. The van der Waals surface area contributed by atoms with E-state index in [4.69, 9.17) is 4.74 Å². The molecule has 0 bridgehead atoms. The zero-order valence-corrected chi connectivity index (χ0v) is 22.1. The van der Waals surface area contributed by atoms with Crippen LogP contribution in [0, 0.1) is 0 Å². The normalized spacial score (nSPS) is 14.8. The molecule has 0 radical (unpaired) electrons. The molecular weight excluding hydrogens is 529 g/mol. The van der Waals surface area contributed by atoms with Crippen LogP contribution in [0.2, 0.25) is 0 Å². The number of aliphatic imine (C=N–C) groups is 1. The molecule has 2 aromatic carbocycles. The van der Waals surface area contributed by atoms with Crippen molar-refractivity contribution in [1.29, 1.82) is 0 Å². The predicted octanol–water partition coefficient (Wildman–Crippen LogP) is 3.27. The molecule has 8 heteroatoms. The molecule has 7 nitrogen and oxygen atoms in total. The Bertz CT molecular complexity index is 885. The summed E-state index contributed by atoms with van der Waals surface area (Å²) >= 11 is 0. The standard InChI is InChI=1S/C25H35N5O2.HI/c1-26-25(27-17-20-10-9-13-22(16-20)32-19-24(31)29(2)3)28-18-23(30-14-7-8-15-30)21-11-5-4-6-12-21;/h4-6,9-13,16,23H,7-8,14-15,17-19H2,1-3H3,(H2,26,27,28);1H. The van der Waals surface area contributed by atoms with E-state index in [1.807, 2.05) is 24.3 Å². The Morgan fingerprint density at radius 2 is 1.82 bits per heavy atom. The molecule has 1 fully saturated rings. The van der Waals surface area contributed by atoms with Crippen molar-refractivity contribution in [3.63, 3.8) is 0 Å².